The summed E-state index contributed by atoms with van der Waals surface area (Å²) in [7, 11) is -1.46. The average Bonchev–Trinajstić information content (AvgIpc) is 3.20. The number of aromatic nitrogens is 4. The summed E-state index contributed by atoms with van der Waals surface area (Å²) in [5, 5.41) is 4.44. The molecule has 1 aliphatic rings. The van der Waals surface area contributed by atoms with E-state index in [2.05, 4.69) is 10.1 Å². The third kappa shape index (κ3) is 2.94. The molecular weight excluding hydrogens is 338 g/mol. The summed E-state index contributed by atoms with van der Waals surface area (Å²) in [6.45, 7) is 0.533. The van der Waals surface area contributed by atoms with Gasteiger partial charge in [0, 0.05) is 30.9 Å². The SMILES string of the molecule is Cn1ccc(-c2nc(-c3ccccc3)nc3c2CN(S(C)(=O)=O)C3)n1. The van der Waals surface area contributed by atoms with Gasteiger partial charge in [-0.2, -0.15) is 9.40 Å². The Hall–Kier alpha value is -2.58. The van der Waals surface area contributed by atoms with Gasteiger partial charge in [0.2, 0.25) is 10.0 Å². The molecule has 0 aliphatic carbocycles. The van der Waals surface area contributed by atoms with Crippen molar-refractivity contribution in [2.45, 2.75) is 13.1 Å². The van der Waals surface area contributed by atoms with Crippen LogP contribution in [-0.4, -0.2) is 38.7 Å². The maximum absolute atomic E-state index is 12.0. The van der Waals surface area contributed by atoms with Gasteiger partial charge in [0.05, 0.1) is 24.2 Å². The molecule has 8 heteroatoms. The van der Waals surface area contributed by atoms with Gasteiger partial charge < -0.3 is 0 Å². The lowest BCUT2D eigenvalue weighted by atomic mass is 10.1. The van der Waals surface area contributed by atoms with Gasteiger partial charge in [-0.15, -0.1) is 0 Å². The van der Waals surface area contributed by atoms with Crippen LogP contribution >= 0.6 is 0 Å². The highest BCUT2D eigenvalue weighted by Crippen LogP contribution is 2.32. The number of hydrogen-bond donors (Lipinski definition) is 0. The van der Waals surface area contributed by atoms with Crippen LogP contribution in [0.15, 0.2) is 42.6 Å². The standard InChI is InChI=1S/C17H17N5O2S/c1-21-9-8-14(20-21)16-13-10-22(25(2,23)24)11-15(13)18-17(19-16)12-6-4-3-5-7-12/h3-9H,10-11H2,1-2H3. The van der Waals surface area contributed by atoms with E-state index in [-0.39, 0.29) is 13.1 Å². The highest BCUT2D eigenvalue weighted by molar-refractivity contribution is 7.88. The zero-order chi connectivity index (χ0) is 17.6. The van der Waals surface area contributed by atoms with Crippen molar-refractivity contribution in [1.82, 2.24) is 24.1 Å². The Bertz CT molecular complexity index is 1040. The van der Waals surface area contributed by atoms with Gasteiger partial charge >= 0.3 is 0 Å². The van der Waals surface area contributed by atoms with Gasteiger partial charge in [-0.1, -0.05) is 30.3 Å². The Labute approximate surface area is 146 Å². The minimum Gasteiger partial charge on any atom is -0.275 e. The third-order valence-corrected chi connectivity index (χ3v) is 5.41. The van der Waals surface area contributed by atoms with Gasteiger partial charge in [0.1, 0.15) is 5.69 Å². The molecule has 0 saturated carbocycles. The second-order valence-corrected chi connectivity index (χ2v) is 8.08. The van der Waals surface area contributed by atoms with E-state index >= 15 is 0 Å². The van der Waals surface area contributed by atoms with Crippen LogP contribution in [0.3, 0.4) is 0 Å². The fourth-order valence-electron chi connectivity index (χ4n) is 2.93. The zero-order valence-electron chi connectivity index (χ0n) is 13.9. The van der Waals surface area contributed by atoms with Crippen LogP contribution in [0, 0.1) is 0 Å². The zero-order valence-corrected chi connectivity index (χ0v) is 14.7. The fourth-order valence-corrected chi connectivity index (χ4v) is 3.65. The summed E-state index contributed by atoms with van der Waals surface area (Å²) in [5.41, 5.74) is 3.85. The van der Waals surface area contributed by atoms with E-state index in [1.165, 1.54) is 10.6 Å². The Morgan fingerprint density at radius 3 is 2.44 bits per heavy atom. The Morgan fingerprint density at radius 1 is 1.04 bits per heavy atom. The van der Waals surface area contributed by atoms with Crippen LogP contribution in [0.5, 0.6) is 0 Å². The first-order valence-electron chi connectivity index (χ1n) is 7.82. The normalized spacial score (nSPS) is 14.6. The monoisotopic (exact) mass is 355 g/mol. The van der Waals surface area contributed by atoms with Crippen LogP contribution in [0.2, 0.25) is 0 Å². The molecule has 0 radical (unpaired) electrons. The van der Waals surface area contributed by atoms with Crippen molar-refractivity contribution in [3.63, 3.8) is 0 Å². The number of nitrogens with zero attached hydrogens (tertiary/aromatic N) is 5. The van der Waals surface area contributed by atoms with Crippen molar-refractivity contribution in [3.05, 3.63) is 53.9 Å². The molecule has 0 fully saturated rings. The fraction of sp³-hybridized carbons (Fsp3) is 0.235. The minimum absolute atomic E-state index is 0.260. The second-order valence-electron chi connectivity index (χ2n) is 6.09. The molecule has 0 bridgehead atoms. The molecule has 0 atom stereocenters. The molecule has 1 aromatic carbocycles. The summed E-state index contributed by atoms with van der Waals surface area (Å²) in [5.74, 6) is 0.579. The predicted octanol–water partition coefficient (Wildman–Crippen LogP) is 1.82. The van der Waals surface area contributed by atoms with Crippen molar-refractivity contribution in [2.75, 3.05) is 6.26 Å². The highest BCUT2D eigenvalue weighted by Gasteiger charge is 2.31. The first-order valence-corrected chi connectivity index (χ1v) is 9.67. The van der Waals surface area contributed by atoms with Crippen molar-refractivity contribution in [2.24, 2.45) is 7.05 Å². The van der Waals surface area contributed by atoms with Crippen LogP contribution in [0.25, 0.3) is 22.8 Å². The van der Waals surface area contributed by atoms with Gasteiger partial charge in [0.15, 0.2) is 5.82 Å². The van der Waals surface area contributed by atoms with Gasteiger partial charge in [0.25, 0.3) is 0 Å². The predicted molar refractivity (Wildman–Crippen MR) is 93.8 cm³/mol. The smallest absolute Gasteiger partial charge is 0.211 e. The molecule has 0 amide bonds. The molecule has 7 nitrogen and oxygen atoms in total. The maximum atomic E-state index is 12.0. The van der Waals surface area contributed by atoms with E-state index in [1.807, 2.05) is 49.6 Å². The Morgan fingerprint density at radius 2 is 1.80 bits per heavy atom. The lowest BCUT2D eigenvalue weighted by Gasteiger charge is -2.10. The summed E-state index contributed by atoms with van der Waals surface area (Å²) < 4.78 is 27.0. The lowest BCUT2D eigenvalue weighted by molar-refractivity contribution is 0.434. The number of hydrogen-bond acceptors (Lipinski definition) is 5. The van der Waals surface area contributed by atoms with Crippen LogP contribution in [-0.2, 0) is 30.2 Å². The molecule has 2 aromatic heterocycles. The van der Waals surface area contributed by atoms with E-state index in [0.29, 0.717) is 17.2 Å². The van der Waals surface area contributed by atoms with Gasteiger partial charge in [-0.3, -0.25) is 4.68 Å². The molecular formula is C17H17N5O2S. The summed E-state index contributed by atoms with van der Waals surface area (Å²) in [6.07, 6.45) is 3.06. The molecule has 1 aliphatic heterocycles. The van der Waals surface area contributed by atoms with Crippen LogP contribution in [0.1, 0.15) is 11.3 Å². The number of fused-ring (bicyclic) bond motifs is 1. The topological polar surface area (TPSA) is 81.0 Å². The van der Waals surface area contributed by atoms with Gasteiger partial charge in [-0.25, -0.2) is 18.4 Å². The molecule has 4 rings (SSSR count). The van der Waals surface area contributed by atoms with Crippen molar-refractivity contribution >= 4 is 10.0 Å². The van der Waals surface area contributed by atoms with E-state index in [1.54, 1.807) is 4.68 Å². The molecule has 0 saturated heterocycles. The third-order valence-electron chi connectivity index (χ3n) is 4.21. The summed E-state index contributed by atoms with van der Waals surface area (Å²) in [4.78, 5) is 9.33. The number of sulfonamides is 1. The maximum Gasteiger partial charge on any atom is 0.211 e. The molecule has 25 heavy (non-hydrogen) atoms. The summed E-state index contributed by atoms with van der Waals surface area (Å²) in [6, 6.07) is 11.5. The van der Waals surface area contributed by atoms with E-state index in [9.17, 15) is 8.42 Å². The van der Waals surface area contributed by atoms with E-state index in [4.69, 9.17) is 4.98 Å². The van der Waals surface area contributed by atoms with Gasteiger partial charge in [-0.05, 0) is 6.07 Å². The van der Waals surface area contributed by atoms with Crippen LogP contribution in [0.4, 0.5) is 0 Å². The average molecular weight is 355 g/mol. The molecule has 0 unspecified atom stereocenters. The molecule has 128 valence electrons. The highest BCUT2D eigenvalue weighted by atomic mass is 32.2. The van der Waals surface area contributed by atoms with Crippen molar-refractivity contribution in [1.29, 1.82) is 0 Å². The summed E-state index contributed by atoms with van der Waals surface area (Å²) >= 11 is 0. The molecule has 3 aromatic rings. The van der Waals surface area contributed by atoms with Crippen molar-refractivity contribution in [3.8, 4) is 22.8 Å². The van der Waals surface area contributed by atoms with E-state index in [0.717, 1.165) is 16.8 Å². The first kappa shape index (κ1) is 15.9. The Kier molecular flexibility index (Phi) is 3.66. The molecule has 0 spiro atoms. The van der Waals surface area contributed by atoms with Crippen LogP contribution < -0.4 is 0 Å². The van der Waals surface area contributed by atoms with Crippen molar-refractivity contribution < 1.29 is 8.42 Å². The number of aryl methyl sites for hydroxylation is 1. The molecule has 3 heterocycles. The Balaban J connectivity index is 1.90. The lowest BCUT2D eigenvalue weighted by Crippen LogP contribution is -2.23. The quantitative estimate of drug-likeness (QED) is 0.716. The number of benzene rings is 1. The molecule has 0 N–H and O–H groups in total. The first-order chi connectivity index (χ1) is 11.9. The number of rotatable bonds is 3. The van der Waals surface area contributed by atoms with E-state index < -0.39 is 10.0 Å². The largest absolute Gasteiger partial charge is 0.275 e. The second kappa shape index (κ2) is 5.75. The minimum atomic E-state index is -3.30.